The molecule has 0 aliphatic carbocycles. The van der Waals surface area contributed by atoms with Crippen molar-refractivity contribution in [3.8, 4) is 5.75 Å². The fourth-order valence-electron chi connectivity index (χ4n) is 2.58. The van der Waals surface area contributed by atoms with Gasteiger partial charge in [0.05, 0.1) is 7.11 Å². The highest BCUT2D eigenvalue weighted by Crippen LogP contribution is 2.28. The van der Waals surface area contributed by atoms with E-state index in [9.17, 15) is 4.79 Å². The Bertz CT molecular complexity index is 707. The summed E-state index contributed by atoms with van der Waals surface area (Å²) in [5.41, 5.74) is 6.74. The van der Waals surface area contributed by atoms with Gasteiger partial charge in [-0.1, -0.05) is 30.3 Å². The molecule has 1 unspecified atom stereocenters. The standard InChI is InChI=1S/C19H26N2O3/c1-19(2,3)24-18(22)21-12-14(20)11-16-15-8-6-5-7-13(15)9-10-17(16)23-4/h5-10,14H,11-12,20H2,1-4H3,(H,21,22). The molecule has 0 aliphatic heterocycles. The molecule has 1 atom stereocenters. The van der Waals surface area contributed by atoms with Gasteiger partial charge in [-0.2, -0.15) is 0 Å². The maximum atomic E-state index is 11.7. The third kappa shape index (κ3) is 4.86. The summed E-state index contributed by atoms with van der Waals surface area (Å²) in [5.74, 6) is 0.807. The molecule has 3 N–H and O–H groups in total. The van der Waals surface area contributed by atoms with Crippen LogP contribution in [0.2, 0.25) is 0 Å². The molecule has 0 saturated heterocycles. The van der Waals surface area contributed by atoms with Crippen LogP contribution in [0.15, 0.2) is 36.4 Å². The van der Waals surface area contributed by atoms with Crippen molar-refractivity contribution in [2.45, 2.75) is 38.8 Å². The van der Waals surface area contributed by atoms with E-state index in [1.807, 2.05) is 45.0 Å². The van der Waals surface area contributed by atoms with Crippen molar-refractivity contribution in [1.82, 2.24) is 5.32 Å². The van der Waals surface area contributed by atoms with E-state index in [1.165, 1.54) is 0 Å². The van der Waals surface area contributed by atoms with Crippen LogP contribution in [0.4, 0.5) is 4.79 Å². The van der Waals surface area contributed by atoms with E-state index in [0.29, 0.717) is 13.0 Å². The SMILES string of the molecule is COc1ccc2ccccc2c1CC(N)CNC(=O)OC(C)(C)C. The number of methoxy groups -OCH3 is 1. The first-order valence-corrected chi connectivity index (χ1v) is 8.07. The summed E-state index contributed by atoms with van der Waals surface area (Å²) >= 11 is 0. The number of carbonyl (C=O) groups is 1. The fourth-order valence-corrected chi connectivity index (χ4v) is 2.58. The number of ether oxygens (including phenoxy) is 2. The van der Waals surface area contributed by atoms with Gasteiger partial charge in [-0.05, 0) is 44.0 Å². The van der Waals surface area contributed by atoms with Crippen LogP contribution in [0.25, 0.3) is 10.8 Å². The minimum atomic E-state index is -0.521. The highest BCUT2D eigenvalue weighted by molar-refractivity contribution is 5.87. The van der Waals surface area contributed by atoms with Gasteiger partial charge in [0.2, 0.25) is 0 Å². The van der Waals surface area contributed by atoms with Crippen molar-refractivity contribution in [1.29, 1.82) is 0 Å². The maximum Gasteiger partial charge on any atom is 0.407 e. The predicted molar refractivity (Wildman–Crippen MR) is 96.4 cm³/mol. The smallest absolute Gasteiger partial charge is 0.407 e. The summed E-state index contributed by atoms with van der Waals surface area (Å²) in [5, 5.41) is 4.97. The number of benzene rings is 2. The number of alkyl carbamates (subject to hydrolysis) is 1. The van der Waals surface area contributed by atoms with Gasteiger partial charge in [-0.3, -0.25) is 0 Å². The van der Waals surface area contributed by atoms with Crippen molar-refractivity contribution in [3.05, 3.63) is 42.0 Å². The normalized spacial score (nSPS) is 12.7. The minimum Gasteiger partial charge on any atom is -0.496 e. The highest BCUT2D eigenvalue weighted by Gasteiger charge is 2.17. The molecule has 2 rings (SSSR count). The van der Waals surface area contributed by atoms with E-state index in [1.54, 1.807) is 7.11 Å². The quantitative estimate of drug-likeness (QED) is 0.882. The second-order valence-electron chi connectivity index (χ2n) is 6.81. The molecule has 0 bridgehead atoms. The van der Waals surface area contributed by atoms with Gasteiger partial charge in [0.15, 0.2) is 0 Å². The van der Waals surface area contributed by atoms with Gasteiger partial charge < -0.3 is 20.5 Å². The number of carbonyl (C=O) groups excluding carboxylic acids is 1. The molecule has 5 heteroatoms. The Morgan fingerprint density at radius 2 is 1.92 bits per heavy atom. The van der Waals surface area contributed by atoms with Crippen LogP contribution in [-0.2, 0) is 11.2 Å². The van der Waals surface area contributed by atoms with Gasteiger partial charge in [0, 0.05) is 18.2 Å². The molecule has 0 fully saturated rings. The molecule has 2 aromatic rings. The largest absolute Gasteiger partial charge is 0.496 e. The van der Waals surface area contributed by atoms with Crippen LogP contribution < -0.4 is 15.8 Å². The first kappa shape index (κ1) is 18.1. The Morgan fingerprint density at radius 1 is 1.21 bits per heavy atom. The highest BCUT2D eigenvalue weighted by atomic mass is 16.6. The van der Waals surface area contributed by atoms with Crippen LogP contribution in [0, 0.1) is 0 Å². The minimum absolute atomic E-state index is 0.239. The first-order valence-electron chi connectivity index (χ1n) is 8.07. The number of amides is 1. The number of rotatable bonds is 5. The monoisotopic (exact) mass is 330 g/mol. The van der Waals surface area contributed by atoms with Gasteiger partial charge in [0.25, 0.3) is 0 Å². The Labute approximate surface area is 143 Å². The summed E-state index contributed by atoms with van der Waals surface area (Å²) in [6, 6.07) is 11.9. The van der Waals surface area contributed by atoms with Gasteiger partial charge >= 0.3 is 6.09 Å². The lowest BCUT2D eigenvalue weighted by Crippen LogP contribution is -2.41. The molecule has 0 spiro atoms. The third-order valence-electron chi connectivity index (χ3n) is 3.59. The van der Waals surface area contributed by atoms with E-state index < -0.39 is 11.7 Å². The lowest BCUT2D eigenvalue weighted by molar-refractivity contribution is 0.0524. The number of nitrogens with two attached hydrogens (primary N) is 1. The second kappa shape index (κ2) is 7.53. The zero-order chi connectivity index (χ0) is 17.7. The third-order valence-corrected chi connectivity index (χ3v) is 3.59. The average molecular weight is 330 g/mol. The first-order chi connectivity index (χ1) is 11.3. The van der Waals surface area contributed by atoms with E-state index in [4.69, 9.17) is 15.2 Å². The Balaban J connectivity index is 2.07. The molecule has 130 valence electrons. The fraction of sp³-hybridized carbons (Fsp3) is 0.421. The molecule has 0 aromatic heterocycles. The molecular formula is C19H26N2O3. The van der Waals surface area contributed by atoms with E-state index in [-0.39, 0.29) is 6.04 Å². The van der Waals surface area contributed by atoms with Crippen LogP contribution in [-0.4, -0.2) is 31.4 Å². The van der Waals surface area contributed by atoms with Crippen molar-refractivity contribution in [2.75, 3.05) is 13.7 Å². The Kier molecular flexibility index (Phi) is 5.67. The zero-order valence-corrected chi connectivity index (χ0v) is 14.8. The van der Waals surface area contributed by atoms with E-state index in [2.05, 4.69) is 17.4 Å². The predicted octanol–water partition coefficient (Wildman–Crippen LogP) is 3.24. The molecule has 0 saturated carbocycles. The lowest BCUT2D eigenvalue weighted by atomic mass is 9.98. The molecule has 0 radical (unpaired) electrons. The summed E-state index contributed by atoms with van der Waals surface area (Å²) in [6.45, 7) is 5.82. The Hall–Kier alpha value is -2.27. The molecule has 24 heavy (non-hydrogen) atoms. The lowest BCUT2D eigenvalue weighted by Gasteiger charge is -2.21. The van der Waals surface area contributed by atoms with Gasteiger partial charge in [-0.15, -0.1) is 0 Å². The molecule has 0 aliphatic rings. The summed E-state index contributed by atoms with van der Waals surface area (Å²) < 4.78 is 10.7. The summed E-state index contributed by atoms with van der Waals surface area (Å²) in [7, 11) is 1.65. The van der Waals surface area contributed by atoms with Crippen molar-refractivity contribution in [2.24, 2.45) is 5.73 Å². The molecule has 0 heterocycles. The Morgan fingerprint density at radius 3 is 2.58 bits per heavy atom. The molecule has 5 nitrogen and oxygen atoms in total. The zero-order valence-electron chi connectivity index (χ0n) is 14.8. The van der Waals surface area contributed by atoms with E-state index in [0.717, 1.165) is 22.1 Å². The maximum absolute atomic E-state index is 11.7. The number of fused-ring (bicyclic) bond motifs is 1. The van der Waals surface area contributed by atoms with E-state index >= 15 is 0 Å². The van der Waals surface area contributed by atoms with Crippen molar-refractivity contribution in [3.63, 3.8) is 0 Å². The van der Waals surface area contributed by atoms with Crippen LogP contribution in [0.1, 0.15) is 26.3 Å². The van der Waals surface area contributed by atoms with Crippen molar-refractivity contribution >= 4 is 16.9 Å². The van der Waals surface area contributed by atoms with Gasteiger partial charge in [-0.25, -0.2) is 4.79 Å². The average Bonchev–Trinajstić information content (AvgIpc) is 2.51. The van der Waals surface area contributed by atoms with Crippen LogP contribution in [0.3, 0.4) is 0 Å². The molecule has 2 aromatic carbocycles. The van der Waals surface area contributed by atoms with Crippen LogP contribution in [0.5, 0.6) is 5.75 Å². The topological polar surface area (TPSA) is 73.6 Å². The summed E-state index contributed by atoms with van der Waals surface area (Å²) in [6.07, 6.45) is 0.142. The second-order valence-corrected chi connectivity index (χ2v) is 6.81. The number of hydrogen-bond donors (Lipinski definition) is 2. The molecule has 1 amide bonds. The summed E-state index contributed by atoms with van der Waals surface area (Å²) in [4.78, 5) is 11.7. The van der Waals surface area contributed by atoms with Gasteiger partial charge in [0.1, 0.15) is 11.4 Å². The number of hydrogen-bond acceptors (Lipinski definition) is 4. The van der Waals surface area contributed by atoms with Crippen molar-refractivity contribution < 1.29 is 14.3 Å². The van der Waals surface area contributed by atoms with Crippen LogP contribution >= 0.6 is 0 Å². The number of nitrogens with one attached hydrogen (secondary N) is 1. The molecular weight excluding hydrogens is 304 g/mol.